The number of carbonyl (C=O) groups is 1. The van der Waals surface area contributed by atoms with Crippen molar-refractivity contribution < 1.29 is 4.79 Å². The highest BCUT2D eigenvalue weighted by Gasteiger charge is 1.96. The quantitative estimate of drug-likeness (QED) is 0.587. The predicted molar refractivity (Wildman–Crippen MR) is 59.5 cm³/mol. The van der Waals surface area contributed by atoms with Crippen molar-refractivity contribution in [2.45, 2.75) is 26.2 Å². The molecule has 0 aromatic carbocycles. The molecule has 4 heteroatoms. The Balaban J connectivity index is 2.31. The summed E-state index contributed by atoms with van der Waals surface area (Å²) in [4.78, 5) is 15.0. The number of hydrogen-bond donors (Lipinski definition) is 1. The molecule has 0 aliphatic carbocycles. The summed E-state index contributed by atoms with van der Waals surface area (Å²) in [5.74, 6) is -0.0397. The fourth-order valence-electron chi connectivity index (χ4n) is 1.02. The van der Waals surface area contributed by atoms with Crippen LogP contribution in [0.15, 0.2) is 29.6 Å². The SMILES string of the molecule is CCCCC(=O)NN=Cc1ccncc1. The van der Waals surface area contributed by atoms with E-state index in [0.29, 0.717) is 6.42 Å². The Morgan fingerprint density at radius 2 is 2.27 bits per heavy atom. The van der Waals surface area contributed by atoms with E-state index in [9.17, 15) is 4.79 Å². The van der Waals surface area contributed by atoms with Crippen LogP contribution in [-0.4, -0.2) is 17.1 Å². The fraction of sp³-hybridized carbons (Fsp3) is 0.364. The summed E-state index contributed by atoms with van der Waals surface area (Å²) in [7, 11) is 0. The molecule has 0 aliphatic heterocycles. The highest BCUT2D eigenvalue weighted by atomic mass is 16.2. The number of rotatable bonds is 5. The third kappa shape index (κ3) is 4.90. The van der Waals surface area contributed by atoms with Gasteiger partial charge in [-0.1, -0.05) is 13.3 Å². The van der Waals surface area contributed by atoms with Gasteiger partial charge >= 0.3 is 0 Å². The first-order valence-corrected chi connectivity index (χ1v) is 5.05. The summed E-state index contributed by atoms with van der Waals surface area (Å²) < 4.78 is 0. The van der Waals surface area contributed by atoms with Gasteiger partial charge in [-0.3, -0.25) is 9.78 Å². The summed E-state index contributed by atoms with van der Waals surface area (Å²) in [6.45, 7) is 2.05. The fourth-order valence-corrected chi connectivity index (χ4v) is 1.02. The summed E-state index contributed by atoms with van der Waals surface area (Å²) in [5, 5.41) is 3.84. The molecule has 0 fully saturated rings. The summed E-state index contributed by atoms with van der Waals surface area (Å²) in [5.41, 5.74) is 3.39. The molecule has 1 aromatic heterocycles. The molecule has 0 saturated heterocycles. The molecule has 0 saturated carbocycles. The second kappa shape index (κ2) is 6.70. The minimum Gasteiger partial charge on any atom is -0.273 e. The summed E-state index contributed by atoms with van der Waals surface area (Å²) in [6, 6.07) is 3.64. The third-order valence-corrected chi connectivity index (χ3v) is 1.87. The monoisotopic (exact) mass is 205 g/mol. The van der Waals surface area contributed by atoms with Gasteiger partial charge in [0.15, 0.2) is 0 Å². The molecular formula is C11H15N3O. The van der Waals surface area contributed by atoms with Gasteiger partial charge in [0.05, 0.1) is 6.21 Å². The van der Waals surface area contributed by atoms with Crippen molar-refractivity contribution >= 4 is 12.1 Å². The standard InChI is InChI=1S/C11H15N3O/c1-2-3-4-11(15)14-13-9-10-5-7-12-8-6-10/h5-9H,2-4H2,1H3,(H,14,15). The van der Waals surface area contributed by atoms with Crippen LogP contribution in [0.25, 0.3) is 0 Å². The van der Waals surface area contributed by atoms with Crippen LogP contribution in [-0.2, 0) is 4.79 Å². The highest BCUT2D eigenvalue weighted by molar-refractivity contribution is 5.82. The minimum atomic E-state index is -0.0397. The van der Waals surface area contributed by atoms with Crippen LogP contribution in [0.2, 0.25) is 0 Å². The molecule has 1 heterocycles. The lowest BCUT2D eigenvalue weighted by Gasteiger charge is -1.97. The number of hydrazone groups is 1. The van der Waals surface area contributed by atoms with E-state index >= 15 is 0 Å². The second-order valence-electron chi connectivity index (χ2n) is 3.18. The topological polar surface area (TPSA) is 54.4 Å². The molecule has 0 atom stereocenters. The van der Waals surface area contributed by atoms with Gasteiger partial charge in [-0.2, -0.15) is 5.10 Å². The van der Waals surface area contributed by atoms with Crippen LogP contribution in [0.5, 0.6) is 0 Å². The van der Waals surface area contributed by atoms with Crippen LogP contribution in [0.4, 0.5) is 0 Å². The number of aromatic nitrogens is 1. The van der Waals surface area contributed by atoms with E-state index in [1.54, 1.807) is 18.6 Å². The van der Waals surface area contributed by atoms with Crippen LogP contribution >= 0.6 is 0 Å². The molecule has 1 aromatic rings. The first kappa shape index (κ1) is 11.4. The number of amides is 1. The van der Waals surface area contributed by atoms with Crippen molar-refractivity contribution in [2.75, 3.05) is 0 Å². The highest BCUT2D eigenvalue weighted by Crippen LogP contribution is 1.93. The number of carbonyl (C=O) groups excluding carboxylic acids is 1. The molecule has 0 aliphatic rings. The van der Waals surface area contributed by atoms with Crippen LogP contribution in [0, 0.1) is 0 Å². The molecule has 4 nitrogen and oxygen atoms in total. The van der Waals surface area contributed by atoms with Gasteiger partial charge in [0.2, 0.25) is 5.91 Å². The van der Waals surface area contributed by atoms with Gasteiger partial charge in [0.1, 0.15) is 0 Å². The molecular weight excluding hydrogens is 190 g/mol. The Morgan fingerprint density at radius 1 is 1.53 bits per heavy atom. The van der Waals surface area contributed by atoms with Gasteiger partial charge in [-0.25, -0.2) is 5.43 Å². The number of pyridine rings is 1. The van der Waals surface area contributed by atoms with Gasteiger partial charge in [-0.05, 0) is 24.1 Å². The van der Waals surface area contributed by atoms with E-state index in [2.05, 4.69) is 15.5 Å². The lowest BCUT2D eigenvalue weighted by Crippen LogP contribution is -2.16. The number of hydrogen-bond acceptors (Lipinski definition) is 3. The van der Waals surface area contributed by atoms with E-state index < -0.39 is 0 Å². The minimum absolute atomic E-state index is 0.0397. The average molecular weight is 205 g/mol. The maximum Gasteiger partial charge on any atom is 0.240 e. The van der Waals surface area contributed by atoms with Crippen LogP contribution < -0.4 is 5.43 Å². The zero-order valence-electron chi connectivity index (χ0n) is 8.81. The zero-order valence-corrected chi connectivity index (χ0v) is 8.81. The summed E-state index contributed by atoms with van der Waals surface area (Å²) >= 11 is 0. The number of nitrogens with one attached hydrogen (secondary N) is 1. The van der Waals surface area contributed by atoms with Crippen LogP contribution in [0.1, 0.15) is 31.7 Å². The first-order valence-electron chi connectivity index (χ1n) is 5.05. The molecule has 1 rings (SSSR count). The van der Waals surface area contributed by atoms with Gasteiger partial charge in [0, 0.05) is 18.8 Å². The van der Waals surface area contributed by atoms with Crippen molar-refractivity contribution in [3.8, 4) is 0 Å². The maximum atomic E-state index is 11.2. The van der Waals surface area contributed by atoms with Crippen molar-refractivity contribution in [1.82, 2.24) is 10.4 Å². The van der Waals surface area contributed by atoms with Crippen molar-refractivity contribution in [3.05, 3.63) is 30.1 Å². The van der Waals surface area contributed by atoms with Crippen molar-refractivity contribution in [3.63, 3.8) is 0 Å². The Hall–Kier alpha value is -1.71. The van der Waals surface area contributed by atoms with E-state index in [1.807, 2.05) is 19.1 Å². The van der Waals surface area contributed by atoms with Gasteiger partial charge in [-0.15, -0.1) is 0 Å². The van der Waals surface area contributed by atoms with Gasteiger partial charge < -0.3 is 0 Å². The third-order valence-electron chi connectivity index (χ3n) is 1.87. The summed E-state index contributed by atoms with van der Waals surface area (Å²) in [6.07, 6.45) is 7.41. The number of nitrogens with zero attached hydrogens (tertiary/aromatic N) is 2. The van der Waals surface area contributed by atoms with Crippen molar-refractivity contribution in [2.24, 2.45) is 5.10 Å². The van der Waals surface area contributed by atoms with E-state index in [1.165, 1.54) is 0 Å². The largest absolute Gasteiger partial charge is 0.273 e. The lowest BCUT2D eigenvalue weighted by molar-refractivity contribution is -0.121. The van der Waals surface area contributed by atoms with E-state index in [0.717, 1.165) is 18.4 Å². The normalized spacial score (nSPS) is 10.5. The predicted octanol–water partition coefficient (Wildman–Crippen LogP) is 1.72. The molecule has 1 amide bonds. The molecule has 0 spiro atoms. The molecule has 1 N–H and O–H groups in total. The first-order chi connectivity index (χ1) is 7.33. The van der Waals surface area contributed by atoms with Crippen molar-refractivity contribution in [1.29, 1.82) is 0 Å². The Kier molecular flexibility index (Phi) is 5.08. The zero-order chi connectivity index (χ0) is 10.9. The average Bonchev–Trinajstić information content (AvgIpc) is 2.28. The second-order valence-corrected chi connectivity index (χ2v) is 3.18. The van der Waals surface area contributed by atoms with Gasteiger partial charge in [0.25, 0.3) is 0 Å². The number of unbranched alkanes of at least 4 members (excludes halogenated alkanes) is 1. The Morgan fingerprint density at radius 3 is 2.93 bits per heavy atom. The Bertz CT molecular complexity index is 322. The lowest BCUT2D eigenvalue weighted by atomic mass is 10.2. The molecule has 15 heavy (non-hydrogen) atoms. The molecule has 0 unspecified atom stereocenters. The molecule has 0 radical (unpaired) electrons. The Labute approximate surface area is 89.4 Å². The van der Waals surface area contributed by atoms with Crippen LogP contribution in [0.3, 0.4) is 0 Å². The maximum absolute atomic E-state index is 11.2. The molecule has 0 bridgehead atoms. The van der Waals surface area contributed by atoms with E-state index in [-0.39, 0.29) is 5.91 Å². The molecule has 80 valence electrons. The smallest absolute Gasteiger partial charge is 0.240 e. The van der Waals surface area contributed by atoms with E-state index in [4.69, 9.17) is 0 Å².